The Balaban J connectivity index is 1.74. The summed E-state index contributed by atoms with van der Waals surface area (Å²) in [5.41, 5.74) is 10.6. The number of benzene rings is 4. The Morgan fingerprint density at radius 1 is 0.514 bits per heavy atom. The van der Waals surface area contributed by atoms with Crippen molar-refractivity contribution in [3.05, 3.63) is 120 Å². The molecule has 35 heavy (non-hydrogen) atoms. The minimum absolute atomic E-state index is 0.248. The van der Waals surface area contributed by atoms with Gasteiger partial charge in [-0.15, -0.1) is 0 Å². The molecule has 0 aliphatic carbocycles. The van der Waals surface area contributed by atoms with Crippen LogP contribution in [0.4, 0.5) is 0 Å². The number of nitrogens with zero attached hydrogens (tertiary/aromatic N) is 2. The van der Waals surface area contributed by atoms with E-state index < -0.39 is 0 Å². The number of aromatic nitrogens is 2. The summed E-state index contributed by atoms with van der Waals surface area (Å²) in [4.78, 5) is 0. The minimum Gasteiger partial charge on any atom is -0.343 e. The van der Waals surface area contributed by atoms with Gasteiger partial charge in [-0.25, -0.2) is 0 Å². The van der Waals surface area contributed by atoms with E-state index in [2.05, 4.69) is 139 Å². The van der Waals surface area contributed by atoms with Crippen molar-refractivity contribution in [3.63, 3.8) is 0 Å². The van der Waals surface area contributed by atoms with Crippen molar-refractivity contribution in [1.29, 1.82) is 0 Å². The Hall–Kier alpha value is -4.04. The van der Waals surface area contributed by atoms with Gasteiger partial charge in [0, 0.05) is 41.8 Å². The highest BCUT2D eigenvalue weighted by Gasteiger charge is 2.29. The third-order valence-corrected chi connectivity index (χ3v) is 7.49. The lowest BCUT2D eigenvalue weighted by molar-refractivity contribution is 0.782. The molecule has 0 unspecified atom stereocenters. The summed E-state index contributed by atoms with van der Waals surface area (Å²) in [5, 5.41) is 2.68. The second kappa shape index (κ2) is 8.63. The summed E-state index contributed by atoms with van der Waals surface area (Å²) in [7, 11) is 4.42. The molecule has 2 heteroatoms. The zero-order valence-corrected chi connectivity index (χ0v) is 20.6. The fourth-order valence-corrected chi connectivity index (χ4v) is 5.99. The molecule has 2 nitrogen and oxygen atoms in total. The molecule has 0 aliphatic heterocycles. The van der Waals surface area contributed by atoms with Gasteiger partial charge in [-0.1, -0.05) is 104 Å². The maximum atomic E-state index is 2.38. The number of para-hydroxylation sites is 2. The number of rotatable bonds is 5. The van der Waals surface area contributed by atoms with Gasteiger partial charge in [-0.3, -0.25) is 0 Å². The fraction of sp³-hybridized carbons (Fsp3) is 0.152. The average molecular weight is 455 g/mol. The van der Waals surface area contributed by atoms with Gasteiger partial charge < -0.3 is 9.13 Å². The highest BCUT2D eigenvalue weighted by Crippen LogP contribution is 2.47. The summed E-state index contributed by atoms with van der Waals surface area (Å²) in [5.74, 6) is 0.248. The monoisotopic (exact) mass is 454 g/mol. The van der Waals surface area contributed by atoms with E-state index in [1.807, 2.05) is 0 Å². The first-order valence-electron chi connectivity index (χ1n) is 12.5. The third kappa shape index (κ3) is 3.32. The van der Waals surface area contributed by atoms with E-state index in [-0.39, 0.29) is 5.92 Å². The fourth-order valence-electron chi connectivity index (χ4n) is 5.99. The Kier molecular flexibility index (Phi) is 5.30. The Labute approximate surface area is 207 Å². The molecule has 2 aromatic heterocycles. The van der Waals surface area contributed by atoms with E-state index in [0.717, 1.165) is 6.42 Å². The van der Waals surface area contributed by atoms with Crippen LogP contribution < -0.4 is 0 Å². The lowest BCUT2D eigenvalue weighted by Crippen LogP contribution is -2.05. The van der Waals surface area contributed by atoms with Crippen molar-refractivity contribution in [2.75, 3.05) is 0 Å². The van der Waals surface area contributed by atoms with Crippen LogP contribution in [0.1, 0.15) is 30.4 Å². The lowest BCUT2D eigenvalue weighted by atomic mass is 9.83. The quantitative estimate of drug-likeness (QED) is 0.247. The standard InChI is InChI=1S/C33H30N2/c1-4-25(30-26-19-11-13-21-28(26)34(2)32(30)23-15-7-5-8-16-23)31-27-20-12-14-22-29(27)35(3)33(31)24-17-9-6-10-18-24/h5-22,25H,4H2,1-3H3. The van der Waals surface area contributed by atoms with Crippen LogP contribution in [-0.2, 0) is 14.1 Å². The van der Waals surface area contributed by atoms with E-state index in [4.69, 9.17) is 0 Å². The number of hydrogen-bond donors (Lipinski definition) is 0. The predicted molar refractivity (Wildman–Crippen MR) is 149 cm³/mol. The van der Waals surface area contributed by atoms with Crippen molar-refractivity contribution in [2.24, 2.45) is 14.1 Å². The first-order chi connectivity index (χ1) is 17.2. The molecule has 0 N–H and O–H groups in total. The molecule has 0 radical (unpaired) electrons. The first-order valence-corrected chi connectivity index (χ1v) is 12.5. The SMILES string of the molecule is CCC(c1c(-c2ccccc2)n(C)c2ccccc12)c1c(-c2ccccc2)n(C)c2ccccc12. The van der Waals surface area contributed by atoms with Crippen LogP contribution in [0.2, 0.25) is 0 Å². The van der Waals surface area contributed by atoms with Crippen LogP contribution in [0.5, 0.6) is 0 Å². The zero-order chi connectivity index (χ0) is 23.9. The summed E-state index contributed by atoms with van der Waals surface area (Å²) < 4.78 is 4.77. The van der Waals surface area contributed by atoms with Gasteiger partial charge in [-0.05, 0) is 40.8 Å². The van der Waals surface area contributed by atoms with Gasteiger partial charge in [-0.2, -0.15) is 0 Å². The van der Waals surface area contributed by atoms with Gasteiger partial charge in [0.15, 0.2) is 0 Å². The van der Waals surface area contributed by atoms with Crippen molar-refractivity contribution >= 4 is 21.8 Å². The van der Waals surface area contributed by atoms with Crippen LogP contribution in [-0.4, -0.2) is 9.13 Å². The Morgan fingerprint density at radius 3 is 1.29 bits per heavy atom. The molecule has 0 saturated carbocycles. The molecule has 6 rings (SSSR count). The normalized spacial score (nSPS) is 11.7. The van der Waals surface area contributed by atoms with Gasteiger partial charge >= 0.3 is 0 Å². The molecule has 0 amide bonds. The molecule has 2 heterocycles. The number of hydrogen-bond acceptors (Lipinski definition) is 0. The van der Waals surface area contributed by atoms with Gasteiger partial charge in [0.1, 0.15) is 0 Å². The molecular weight excluding hydrogens is 424 g/mol. The van der Waals surface area contributed by atoms with E-state index in [1.165, 1.54) is 55.4 Å². The second-order valence-electron chi connectivity index (χ2n) is 9.37. The van der Waals surface area contributed by atoms with Crippen LogP contribution in [0.3, 0.4) is 0 Å². The Morgan fingerprint density at radius 2 is 0.886 bits per heavy atom. The molecule has 0 atom stereocenters. The number of aryl methyl sites for hydroxylation is 2. The van der Waals surface area contributed by atoms with Crippen molar-refractivity contribution in [2.45, 2.75) is 19.3 Å². The predicted octanol–water partition coefficient (Wildman–Crippen LogP) is 8.55. The molecule has 6 aromatic rings. The van der Waals surface area contributed by atoms with Gasteiger partial charge in [0.05, 0.1) is 11.4 Å². The van der Waals surface area contributed by atoms with Crippen LogP contribution >= 0.6 is 0 Å². The smallest absolute Gasteiger partial charge is 0.0527 e. The molecule has 0 spiro atoms. The minimum atomic E-state index is 0.248. The maximum Gasteiger partial charge on any atom is 0.0527 e. The third-order valence-electron chi connectivity index (χ3n) is 7.49. The largest absolute Gasteiger partial charge is 0.343 e. The van der Waals surface area contributed by atoms with Crippen molar-refractivity contribution in [3.8, 4) is 22.5 Å². The summed E-state index contributed by atoms with van der Waals surface area (Å²) in [6.07, 6.45) is 1.02. The first kappa shape index (κ1) is 21.5. The van der Waals surface area contributed by atoms with Crippen LogP contribution in [0.25, 0.3) is 44.3 Å². The van der Waals surface area contributed by atoms with Crippen LogP contribution in [0, 0.1) is 0 Å². The van der Waals surface area contributed by atoms with E-state index in [0.29, 0.717) is 0 Å². The lowest BCUT2D eigenvalue weighted by Gasteiger charge is -2.21. The van der Waals surface area contributed by atoms with E-state index >= 15 is 0 Å². The average Bonchev–Trinajstić information content (AvgIpc) is 3.38. The summed E-state index contributed by atoms with van der Waals surface area (Å²) >= 11 is 0. The number of fused-ring (bicyclic) bond motifs is 2. The zero-order valence-electron chi connectivity index (χ0n) is 20.6. The van der Waals surface area contributed by atoms with Crippen molar-refractivity contribution in [1.82, 2.24) is 9.13 Å². The second-order valence-corrected chi connectivity index (χ2v) is 9.37. The van der Waals surface area contributed by atoms with Gasteiger partial charge in [0.2, 0.25) is 0 Å². The van der Waals surface area contributed by atoms with Gasteiger partial charge in [0.25, 0.3) is 0 Å². The highest BCUT2D eigenvalue weighted by atomic mass is 15.0. The highest BCUT2D eigenvalue weighted by molar-refractivity contribution is 5.97. The topological polar surface area (TPSA) is 9.86 Å². The Bertz CT molecular complexity index is 1510. The molecule has 0 fully saturated rings. The summed E-state index contributed by atoms with van der Waals surface area (Å²) in [6, 6.07) is 39.5. The molecular formula is C33H30N2. The molecule has 0 bridgehead atoms. The maximum absolute atomic E-state index is 2.38. The molecule has 172 valence electrons. The van der Waals surface area contributed by atoms with Crippen molar-refractivity contribution < 1.29 is 0 Å². The summed E-state index contributed by atoms with van der Waals surface area (Å²) in [6.45, 7) is 2.33. The van der Waals surface area contributed by atoms with Crippen LogP contribution in [0.15, 0.2) is 109 Å². The molecule has 4 aromatic carbocycles. The molecule has 0 aliphatic rings. The van der Waals surface area contributed by atoms with E-state index in [9.17, 15) is 0 Å². The molecule has 0 saturated heterocycles. The van der Waals surface area contributed by atoms with E-state index in [1.54, 1.807) is 0 Å².